The lowest BCUT2D eigenvalue weighted by molar-refractivity contribution is -0.142. The van der Waals surface area contributed by atoms with Crippen molar-refractivity contribution >= 4 is 22.8 Å². The molecular weight excluding hydrogens is 280 g/mol. The molecule has 2 rings (SSSR count). The number of hydrogen-bond acceptors (Lipinski definition) is 2. The molecule has 5 heteroatoms. The van der Waals surface area contributed by atoms with E-state index in [2.05, 4.69) is 5.32 Å². The predicted molar refractivity (Wildman–Crippen MR) is 85.6 cm³/mol. The van der Waals surface area contributed by atoms with Crippen molar-refractivity contribution in [2.24, 2.45) is 5.92 Å². The smallest absolute Gasteiger partial charge is 0.326 e. The first-order valence-corrected chi connectivity index (χ1v) is 7.53. The number of rotatable bonds is 7. The van der Waals surface area contributed by atoms with Crippen LogP contribution in [0, 0.1) is 5.92 Å². The molecular formula is C17H22N2O3. The Kier molecular flexibility index (Phi) is 5.20. The molecule has 0 aliphatic heterocycles. The number of carbonyl (C=O) groups excluding carboxylic acids is 1. The van der Waals surface area contributed by atoms with Gasteiger partial charge in [0.15, 0.2) is 0 Å². The molecule has 1 heterocycles. The van der Waals surface area contributed by atoms with Crippen molar-refractivity contribution in [3.63, 3.8) is 0 Å². The number of aromatic nitrogens is 1. The first-order chi connectivity index (χ1) is 10.5. The van der Waals surface area contributed by atoms with Crippen LogP contribution in [0.2, 0.25) is 0 Å². The molecule has 118 valence electrons. The minimum absolute atomic E-state index is 0.217. The Morgan fingerprint density at radius 1 is 1.23 bits per heavy atom. The first-order valence-electron chi connectivity index (χ1n) is 7.53. The van der Waals surface area contributed by atoms with Gasteiger partial charge in [-0.15, -0.1) is 0 Å². The van der Waals surface area contributed by atoms with Crippen LogP contribution in [0.1, 0.15) is 26.7 Å². The van der Waals surface area contributed by atoms with E-state index in [1.54, 1.807) is 0 Å². The quantitative estimate of drug-likeness (QED) is 0.826. The van der Waals surface area contributed by atoms with Gasteiger partial charge in [0, 0.05) is 24.7 Å². The SMILES string of the molecule is CC(C)C[C@@H](NC(=O)CCn1ccc2ccccc21)C(=O)O. The van der Waals surface area contributed by atoms with Gasteiger partial charge < -0.3 is 15.0 Å². The van der Waals surface area contributed by atoms with E-state index in [0.29, 0.717) is 13.0 Å². The van der Waals surface area contributed by atoms with Crippen molar-refractivity contribution in [3.8, 4) is 0 Å². The maximum atomic E-state index is 12.0. The van der Waals surface area contributed by atoms with Crippen LogP contribution in [0.4, 0.5) is 0 Å². The van der Waals surface area contributed by atoms with Gasteiger partial charge in [0.2, 0.25) is 5.91 Å². The molecule has 0 saturated heterocycles. The van der Waals surface area contributed by atoms with Crippen LogP contribution < -0.4 is 5.32 Å². The van der Waals surface area contributed by atoms with Gasteiger partial charge in [-0.3, -0.25) is 4.79 Å². The van der Waals surface area contributed by atoms with E-state index in [9.17, 15) is 9.59 Å². The summed E-state index contributed by atoms with van der Waals surface area (Å²) in [6.45, 7) is 4.41. The molecule has 1 aromatic carbocycles. The second kappa shape index (κ2) is 7.11. The van der Waals surface area contributed by atoms with Crippen LogP contribution in [-0.2, 0) is 16.1 Å². The number of carboxylic acid groups (broad SMARTS) is 1. The first kappa shape index (κ1) is 16.1. The fourth-order valence-electron chi connectivity index (χ4n) is 2.52. The highest BCUT2D eigenvalue weighted by molar-refractivity contribution is 5.84. The molecule has 0 spiro atoms. The van der Waals surface area contributed by atoms with Crippen LogP contribution in [0.25, 0.3) is 10.9 Å². The van der Waals surface area contributed by atoms with Crippen molar-refractivity contribution in [2.45, 2.75) is 39.3 Å². The molecule has 22 heavy (non-hydrogen) atoms. The molecule has 0 saturated carbocycles. The summed E-state index contributed by atoms with van der Waals surface area (Å²) in [4.78, 5) is 23.1. The van der Waals surface area contributed by atoms with E-state index in [0.717, 1.165) is 10.9 Å². The number of hydrogen-bond donors (Lipinski definition) is 2. The maximum absolute atomic E-state index is 12.0. The molecule has 0 bridgehead atoms. The third-order valence-electron chi connectivity index (χ3n) is 3.60. The number of carbonyl (C=O) groups is 2. The summed E-state index contributed by atoms with van der Waals surface area (Å²) in [7, 11) is 0. The highest BCUT2D eigenvalue weighted by Gasteiger charge is 2.20. The van der Waals surface area contributed by atoms with Gasteiger partial charge >= 0.3 is 5.97 Å². The Morgan fingerprint density at radius 3 is 2.64 bits per heavy atom. The Bertz CT molecular complexity index is 661. The second-order valence-corrected chi connectivity index (χ2v) is 5.91. The normalized spacial score (nSPS) is 12.5. The fourth-order valence-corrected chi connectivity index (χ4v) is 2.52. The molecule has 1 amide bonds. The zero-order valence-corrected chi connectivity index (χ0v) is 13.0. The van der Waals surface area contributed by atoms with Crippen molar-refractivity contribution in [3.05, 3.63) is 36.5 Å². The summed E-state index contributed by atoms with van der Waals surface area (Å²) in [5.74, 6) is -0.992. The van der Waals surface area contributed by atoms with E-state index in [1.165, 1.54) is 0 Å². The Balaban J connectivity index is 1.93. The lowest BCUT2D eigenvalue weighted by Gasteiger charge is -2.16. The molecule has 0 aliphatic rings. The zero-order valence-electron chi connectivity index (χ0n) is 13.0. The number of aliphatic carboxylic acids is 1. The predicted octanol–water partition coefficient (Wildman–Crippen LogP) is 2.65. The van der Waals surface area contributed by atoms with E-state index in [4.69, 9.17) is 5.11 Å². The summed E-state index contributed by atoms with van der Waals surface area (Å²) in [6, 6.07) is 9.16. The average molecular weight is 302 g/mol. The van der Waals surface area contributed by atoms with Crippen LogP contribution in [0.5, 0.6) is 0 Å². The third-order valence-corrected chi connectivity index (χ3v) is 3.60. The number of amides is 1. The van der Waals surface area contributed by atoms with Crippen LogP contribution in [0.3, 0.4) is 0 Å². The highest BCUT2D eigenvalue weighted by atomic mass is 16.4. The molecule has 2 aromatic rings. The number of aryl methyl sites for hydroxylation is 1. The van der Waals surface area contributed by atoms with Crippen molar-refractivity contribution in [1.29, 1.82) is 0 Å². The van der Waals surface area contributed by atoms with Crippen molar-refractivity contribution in [2.75, 3.05) is 0 Å². The molecule has 2 N–H and O–H groups in total. The van der Waals surface area contributed by atoms with Gasteiger partial charge in [-0.1, -0.05) is 32.0 Å². The van der Waals surface area contributed by atoms with Crippen molar-refractivity contribution < 1.29 is 14.7 Å². The summed E-state index contributed by atoms with van der Waals surface area (Å²) in [5.41, 5.74) is 1.08. The minimum atomic E-state index is -0.978. The number of fused-ring (bicyclic) bond motifs is 1. The van der Waals surface area contributed by atoms with Gasteiger partial charge in [-0.25, -0.2) is 4.79 Å². The molecule has 0 aliphatic carbocycles. The Morgan fingerprint density at radius 2 is 1.95 bits per heavy atom. The van der Waals surface area contributed by atoms with Crippen LogP contribution >= 0.6 is 0 Å². The van der Waals surface area contributed by atoms with E-state index in [1.807, 2.05) is 54.9 Å². The number of benzene rings is 1. The van der Waals surface area contributed by atoms with E-state index >= 15 is 0 Å². The molecule has 5 nitrogen and oxygen atoms in total. The van der Waals surface area contributed by atoms with Crippen LogP contribution in [0.15, 0.2) is 36.5 Å². The summed E-state index contributed by atoms with van der Waals surface area (Å²) >= 11 is 0. The minimum Gasteiger partial charge on any atom is -0.480 e. The Hall–Kier alpha value is -2.30. The largest absolute Gasteiger partial charge is 0.480 e. The topological polar surface area (TPSA) is 71.3 Å². The van der Waals surface area contributed by atoms with Gasteiger partial charge in [-0.2, -0.15) is 0 Å². The molecule has 0 fully saturated rings. The number of nitrogens with zero attached hydrogens (tertiary/aromatic N) is 1. The standard InChI is InChI=1S/C17H22N2O3/c1-12(2)11-14(17(21)22)18-16(20)8-10-19-9-7-13-5-3-4-6-15(13)19/h3-7,9,12,14H,8,10-11H2,1-2H3,(H,18,20)(H,21,22)/t14-/m1/s1. The monoisotopic (exact) mass is 302 g/mol. The highest BCUT2D eigenvalue weighted by Crippen LogP contribution is 2.15. The fraction of sp³-hybridized carbons (Fsp3) is 0.412. The van der Waals surface area contributed by atoms with E-state index in [-0.39, 0.29) is 18.2 Å². The van der Waals surface area contributed by atoms with E-state index < -0.39 is 12.0 Å². The van der Waals surface area contributed by atoms with Gasteiger partial charge in [0.25, 0.3) is 0 Å². The lowest BCUT2D eigenvalue weighted by Crippen LogP contribution is -2.41. The second-order valence-electron chi connectivity index (χ2n) is 5.91. The number of carboxylic acids is 1. The van der Waals surface area contributed by atoms with Gasteiger partial charge in [0.05, 0.1) is 0 Å². The summed E-state index contributed by atoms with van der Waals surface area (Å²) in [5, 5.41) is 12.9. The summed E-state index contributed by atoms with van der Waals surface area (Å²) in [6.07, 6.45) is 2.65. The maximum Gasteiger partial charge on any atom is 0.326 e. The van der Waals surface area contributed by atoms with Gasteiger partial charge in [0.1, 0.15) is 6.04 Å². The Labute approximate surface area is 129 Å². The lowest BCUT2D eigenvalue weighted by atomic mass is 10.0. The molecule has 0 radical (unpaired) electrons. The van der Waals surface area contributed by atoms with Gasteiger partial charge in [-0.05, 0) is 29.9 Å². The number of para-hydroxylation sites is 1. The molecule has 1 atom stereocenters. The summed E-state index contributed by atoms with van der Waals surface area (Å²) < 4.78 is 2.01. The molecule has 0 unspecified atom stereocenters. The average Bonchev–Trinajstić information content (AvgIpc) is 2.87. The number of nitrogens with one attached hydrogen (secondary N) is 1. The molecule has 1 aromatic heterocycles. The zero-order chi connectivity index (χ0) is 16.1. The van der Waals surface area contributed by atoms with Crippen LogP contribution in [-0.4, -0.2) is 27.6 Å². The van der Waals surface area contributed by atoms with Crippen molar-refractivity contribution in [1.82, 2.24) is 9.88 Å². The third kappa shape index (κ3) is 4.10.